The highest BCUT2D eigenvalue weighted by molar-refractivity contribution is 5.85. The lowest BCUT2D eigenvalue weighted by molar-refractivity contribution is 0.203. The Kier molecular flexibility index (Phi) is 4.60. The van der Waals surface area contributed by atoms with E-state index in [0.717, 1.165) is 31.3 Å². The molecule has 4 rings (SSSR count). The van der Waals surface area contributed by atoms with Gasteiger partial charge in [0, 0.05) is 31.7 Å². The molecule has 1 aromatic heterocycles. The summed E-state index contributed by atoms with van der Waals surface area (Å²) in [5.41, 5.74) is 1.64. The van der Waals surface area contributed by atoms with Gasteiger partial charge < -0.3 is 10.2 Å². The predicted octanol–water partition coefficient (Wildman–Crippen LogP) is 3.97. The number of nitrogens with zero attached hydrogens (tertiary/aromatic N) is 3. The van der Waals surface area contributed by atoms with E-state index >= 15 is 0 Å². The number of nitrogens with one attached hydrogen (secondary N) is 1. The van der Waals surface area contributed by atoms with Gasteiger partial charge in [0.2, 0.25) is 0 Å². The zero-order valence-corrected chi connectivity index (χ0v) is 15.2. The van der Waals surface area contributed by atoms with E-state index in [0.29, 0.717) is 5.41 Å². The molecule has 25 heavy (non-hydrogen) atoms. The van der Waals surface area contributed by atoms with Crippen molar-refractivity contribution in [3.63, 3.8) is 0 Å². The number of pyridine rings is 1. The number of hydrogen-bond donors (Lipinski definition) is 1. The molecule has 1 aliphatic carbocycles. The maximum Gasteiger partial charge on any atom is 0.193 e. The van der Waals surface area contributed by atoms with Crippen LogP contribution in [0, 0.1) is 5.41 Å². The average Bonchev–Trinajstić information content (AvgIpc) is 3.06. The van der Waals surface area contributed by atoms with Crippen LogP contribution >= 0.6 is 0 Å². The zero-order valence-electron chi connectivity index (χ0n) is 15.2. The molecule has 132 valence electrons. The van der Waals surface area contributed by atoms with E-state index in [4.69, 9.17) is 0 Å². The van der Waals surface area contributed by atoms with Gasteiger partial charge in [-0.25, -0.2) is 0 Å². The number of aliphatic imine (C=N–C) groups is 1. The maximum atomic E-state index is 4.59. The highest BCUT2D eigenvalue weighted by Crippen LogP contribution is 2.43. The average molecular weight is 336 g/mol. The van der Waals surface area contributed by atoms with Crippen LogP contribution in [0.15, 0.2) is 41.5 Å². The minimum absolute atomic E-state index is 0.549. The Morgan fingerprint density at radius 2 is 2.00 bits per heavy atom. The second-order valence-corrected chi connectivity index (χ2v) is 7.61. The second kappa shape index (κ2) is 7.03. The Morgan fingerprint density at radius 3 is 2.84 bits per heavy atom. The van der Waals surface area contributed by atoms with Crippen molar-refractivity contribution in [3.05, 3.63) is 42.2 Å². The number of fused-ring (bicyclic) bond motifs is 1. The zero-order chi connectivity index (χ0) is 17.1. The standard InChI is InChI=1S/C21H28N4/c1-22-20(25-14-12-21(16-25)10-5-2-6-11-21)24-15-19-18-8-4-3-7-17(18)9-13-23-19/h3-4,7-9,13H,2,5-6,10-12,14-16H2,1H3,(H,22,24). The number of likely N-dealkylation sites (tertiary alicyclic amines) is 1. The van der Waals surface area contributed by atoms with Gasteiger partial charge in [-0.05, 0) is 36.1 Å². The van der Waals surface area contributed by atoms with Gasteiger partial charge in [-0.3, -0.25) is 9.98 Å². The molecule has 0 radical (unpaired) electrons. The molecule has 4 nitrogen and oxygen atoms in total. The number of aromatic nitrogens is 1. The molecule has 4 heteroatoms. The lowest BCUT2D eigenvalue weighted by Gasteiger charge is -2.33. The summed E-state index contributed by atoms with van der Waals surface area (Å²) in [4.78, 5) is 11.6. The number of benzene rings is 1. The first-order valence-electron chi connectivity index (χ1n) is 9.58. The lowest BCUT2D eigenvalue weighted by atomic mass is 9.73. The molecule has 1 aliphatic heterocycles. The third-order valence-corrected chi connectivity index (χ3v) is 6.03. The molecule has 1 saturated heterocycles. The summed E-state index contributed by atoms with van der Waals surface area (Å²) in [5, 5.41) is 6.02. The Bertz CT molecular complexity index is 756. The number of hydrogen-bond acceptors (Lipinski definition) is 2. The van der Waals surface area contributed by atoms with E-state index in [2.05, 4.69) is 50.5 Å². The Morgan fingerprint density at radius 1 is 1.16 bits per heavy atom. The van der Waals surface area contributed by atoms with Crippen molar-refractivity contribution in [3.8, 4) is 0 Å². The largest absolute Gasteiger partial charge is 0.351 e. The van der Waals surface area contributed by atoms with Gasteiger partial charge in [0.1, 0.15) is 0 Å². The van der Waals surface area contributed by atoms with Crippen LogP contribution in [0.5, 0.6) is 0 Å². The molecular weight excluding hydrogens is 308 g/mol. The van der Waals surface area contributed by atoms with Gasteiger partial charge in [-0.15, -0.1) is 0 Å². The van der Waals surface area contributed by atoms with Gasteiger partial charge >= 0.3 is 0 Å². The monoisotopic (exact) mass is 336 g/mol. The molecule has 1 N–H and O–H groups in total. The molecule has 0 unspecified atom stereocenters. The van der Waals surface area contributed by atoms with Crippen molar-refractivity contribution in [1.82, 2.24) is 15.2 Å². The molecule has 2 aliphatic rings. The number of guanidine groups is 1. The fourth-order valence-corrected chi connectivity index (χ4v) is 4.64. The van der Waals surface area contributed by atoms with Crippen LogP contribution in [0.3, 0.4) is 0 Å². The van der Waals surface area contributed by atoms with Gasteiger partial charge in [0.15, 0.2) is 5.96 Å². The van der Waals surface area contributed by atoms with Gasteiger partial charge in [-0.2, -0.15) is 0 Å². The normalized spacial score (nSPS) is 20.4. The van der Waals surface area contributed by atoms with Crippen LogP contribution in [0.25, 0.3) is 10.8 Å². The highest BCUT2D eigenvalue weighted by atomic mass is 15.3. The maximum absolute atomic E-state index is 4.59. The van der Waals surface area contributed by atoms with E-state index in [1.54, 1.807) is 0 Å². The van der Waals surface area contributed by atoms with Crippen LogP contribution < -0.4 is 5.32 Å². The van der Waals surface area contributed by atoms with Gasteiger partial charge in [0.25, 0.3) is 0 Å². The highest BCUT2D eigenvalue weighted by Gasteiger charge is 2.39. The summed E-state index contributed by atoms with van der Waals surface area (Å²) < 4.78 is 0. The first-order valence-corrected chi connectivity index (χ1v) is 9.58. The third-order valence-electron chi connectivity index (χ3n) is 6.03. The lowest BCUT2D eigenvalue weighted by Crippen LogP contribution is -2.41. The Hall–Kier alpha value is -2.10. The summed E-state index contributed by atoms with van der Waals surface area (Å²) >= 11 is 0. The molecule has 0 bridgehead atoms. The van der Waals surface area contributed by atoms with Crippen molar-refractivity contribution in [1.29, 1.82) is 0 Å². The molecular formula is C21H28N4. The SMILES string of the molecule is CN=C(NCc1nccc2ccccc12)N1CCC2(CCCCC2)C1. The smallest absolute Gasteiger partial charge is 0.193 e. The van der Waals surface area contributed by atoms with E-state index < -0.39 is 0 Å². The van der Waals surface area contributed by atoms with Crippen molar-refractivity contribution in [2.24, 2.45) is 10.4 Å². The van der Waals surface area contributed by atoms with E-state index in [1.807, 2.05) is 13.2 Å². The van der Waals surface area contributed by atoms with E-state index in [1.165, 1.54) is 49.3 Å². The van der Waals surface area contributed by atoms with Crippen molar-refractivity contribution < 1.29 is 0 Å². The molecule has 2 heterocycles. The molecule has 2 aromatic rings. The van der Waals surface area contributed by atoms with Crippen molar-refractivity contribution in [2.75, 3.05) is 20.1 Å². The summed E-state index contributed by atoms with van der Waals surface area (Å²) in [6, 6.07) is 10.5. The topological polar surface area (TPSA) is 40.5 Å². The van der Waals surface area contributed by atoms with Gasteiger partial charge in [-0.1, -0.05) is 43.5 Å². The summed E-state index contributed by atoms with van der Waals surface area (Å²) in [5.74, 6) is 1.03. The van der Waals surface area contributed by atoms with Crippen molar-refractivity contribution in [2.45, 2.75) is 45.1 Å². The quantitative estimate of drug-likeness (QED) is 0.666. The molecule has 0 amide bonds. The Labute approximate surface area is 150 Å². The third kappa shape index (κ3) is 3.35. The van der Waals surface area contributed by atoms with Crippen molar-refractivity contribution >= 4 is 16.7 Å². The molecule has 1 aromatic carbocycles. The first-order chi connectivity index (χ1) is 12.3. The van der Waals surface area contributed by atoms with Gasteiger partial charge in [0.05, 0.1) is 12.2 Å². The number of rotatable bonds is 2. The minimum Gasteiger partial charge on any atom is -0.351 e. The van der Waals surface area contributed by atoms with Crippen LogP contribution in [0.2, 0.25) is 0 Å². The Balaban J connectivity index is 1.44. The van der Waals surface area contributed by atoms with Crippen LogP contribution in [0.4, 0.5) is 0 Å². The minimum atomic E-state index is 0.549. The van der Waals surface area contributed by atoms with E-state index in [-0.39, 0.29) is 0 Å². The van der Waals surface area contributed by atoms with E-state index in [9.17, 15) is 0 Å². The first kappa shape index (κ1) is 16.4. The molecule has 1 spiro atoms. The second-order valence-electron chi connectivity index (χ2n) is 7.61. The summed E-state index contributed by atoms with van der Waals surface area (Å²) in [6.07, 6.45) is 10.2. The predicted molar refractivity (Wildman–Crippen MR) is 104 cm³/mol. The molecule has 0 atom stereocenters. The molecule has 2 fully saturated rings. The fourth-order valence-electron chi connectivity index (χ4n) is 4.64. The summed E-state index contributed by atoms with van der Waals surface area (Å²) in [6.45, 7) is 3.01. The molecule has 1 saturated carbocycles. The van der Waals surface area contributed by atoms with Crippen LogP contribution in [-0.2, 0) is 6.54 Å². The summed E-state index contributed by atoms with van der Waals surface area (Å²) in [7, 11) is 1.89. The van der Waals surface area contributed by atoms with Crippen LogP contribution in [0.1, 0.15) is 44.2 Å². The fraction of sp³-hybridized carbons (Fsp3) is 0.524. The van der Waals surface area contributed by atoms with Crippen LogP contribution in [-0.4, -0.2) is 36.0 Å².